The van der Waals surface area contributed by atoms with Gasteiger partial charge >= 0.3 is 0 Å². The zero-order chi connectivity index (χ0) is 8.69. The molecule has 0 heterocycles. The van der Waals surface area contributed by atoms with Gasteiger partial charge < -0.3 is 0 Å². The van der Waals surface area contributed by atoms with E-state index in [-0.39, 0.29) is 0 Å². The number of hydrogen-bond donors (Lipinski definition) is 0. The van der Waals surface area contributed by atoms with E-state index >= 15 is 0 Å². The molecular formula is C9H10FN. The van der Waals surface area contributed by atoms with Gasteiger partial charge in [0, 0.05) is 12.5 Å². The molecule has 0 aromatic rings. The van der Waals surface area contributed by atoms with Crippen molar-refractivity contribution < 1.29 is 4.39 Å². The summed E-state index contributed by atoms with van der Waals surface area (Å²) in [5.74, 6) is 4.82. The number of nitrogens with zero attached hydrogens (tertiary/aromatic N) is 1. The highest BCUT2D eigenvalue weighted by Crippen LogP contribution is 2.00. The van der Waals surface area contributed by atoms with E-state index in [4.69, 9.17) is 0 Å². The molecule has 0 saturated heterocycles. The zero-order valence-electron chi connectivity index (χ0n) is 6.52. The van der Waals surface area contributed by atoms with Gasteiger partial charge in [0.2, 0.25) is 0 Å². The molecule has 0 aliphatic carbocycles. The second-order valence-electron chi connectivity index (χ2n) is 1.79. The highest BCUT2D eigenvalue weighted by molar-refractivity contribution is 5.39. The topological polar surface area (TPSA) is 12.4 Å². The molecule has 11 heavy (non-hydrogen) atoms. The zero-order valence-corrected chi connectivity index (χ0v) is 6.52. The number of aliphatic imine (C=N–C) groups is 1. The predicted octanol–water partition coefficient (Wildman–Crippen LogP) is 2.47. The molecule has 0 aliphatic rings. The molecule has 0 saturated carbocycles. The van der Waals surface area contributed by atoms with Gasteiger partial charge in [-0.1, -0.05) is 19.4 Å². The van der Waals surface area contributed by atoms with E-state index in [1.807, 2.05) is 6.92 Å². The molecule has 0 unspecified atom stereocenters. The van der Waals surface area contributed by atoms with Crippen molar-refractivity contribution in [1.82, 2.24) is 0 Å². The molecule has 0 fully saturated rings. The lowest BCUT2D eigenvalue weighted by Crippen LogP contribution is -1.72. The number of hydrogen-bond acceptors (Lipinski definition) is 1. The molecule has 1 nitrogen and oxygen atoms in total. The van der Waals surface area contributed by atoms with Crippen molar-refractivity contribution in [2.24, 2.45) is 4.99 Å². The second kappa shape index (κ2) is 5.43. The maximum absolute atomic E-state index is 12.1. The Morgan fingerprint density at radius 2 is 2.36 bits per heavy atom. The minimum Gasteiger partial charge on any atom is -0.255 e. The summed E-state index contributed by atoms with van der Waals surface area (Å²) in [6, 6.07) is 0. The molecule has 0 radical (unpaired) electrons. The van der Waals surface area contributed by atoms with Crippen LogP contribution in [0.5, 0.6) is 0 Å². The summed E-state index contributed by atoms with van der Waals surface area (Å²) < 4.78 is 12.1. The van der Waals surface area contributed by atoms with Gasteiger partial charge in [0.25, 0.3) is 0 Å². The average molecular weight is 151 g/mol. The minimum atomic E-state index is -0.558. The SMILES string of the molecule is C=N/C(C#CCC)=C\C(=C)F. The molecule has 0 amide bonds. The van der Waals surface area contributed by atoms with Crippen molar-refractivity contribution in [2.75, 3.05) is 0 Å². The Balaban J connectivity index is 4.40. The van der Waals surface area contributed by atoms with Crippen LogP contribution in [0.1, 0.15) is 13.3 Å². The smallest absolute Gasteiger partial charge is 0.118 e. The van der Waals surface area contributed by atoms with Crippen molar-refractivity contribution in [2.45, 2.75) is 13.3 Å². The quantitative estimate of drug-likeness (QED) is 0.326. The highest BCUT2D eigenvalue weighted by Gasteiger charge is 1.86. The Labute approximate surface area is 66.3 Å². The van der Waals surface area contributed by atoms with Gasteiger partial charge in [-0.05, 0) is 12.6 Å². The van der Waals surface area contributed by atoms with E-state index in [0.29, 0.717) is 12.1 Å². The Morgan fingerprint density at radius 1 is 1.73 bits per heavy atom. The van der Waals surface area contributed by atoms with Crippen LogP contribution in [0.25, 0.3) is 0 Å². The Kier molecular flexibility index (Phi) is 4.76. The third-order valence-corrected chi connectivity index (χ3v) is 0.857. The summed E-state index contributed by atoms with van der Waals surface area (Å²) in [5, 5.41) is 0. The molecule has 0 rings (SSSR count). The maximum atomic E-state index is 12.1. The summed E-state index contributed by atoms with van der Waals surface area (Å²) in [6.07, 6.45) is 1.86. The summed E-state index contributed by atoms with van der Waals surface area (Å²) in [4.78, 5) is 3.50. The van der Waals surface area contributed by atoms with Gasteiger partial charge in [0.1, 0.15) is 11.5 Å². The van der Waals surface area contributed by atoms with Crippen LogP contribution in [-0.2, 0) is 0 Å². The first-order valence-electron chi connectivity index (χ1n) is 3.22. The summed E-state index contributed by atoms with van der Waals surface area (Å²) >= 11 is 0. The molecule has 0 bridgehead atoms. The molecule has 0 N–H and O–H groups in total. The Hall–Kier alpha value is -1.36. The summed E-state index contributed by atoms with van der Waals surface area (Å²) in [6.45, 7) is 8.19. The number of halogens is 1. The molecular weight excluding hydrogens is 141 g/mol. The van der Waals surface area contributed by atoms with Gasteiger partial charge in [-0.15, -0.1) is 0 Å². The summed E-state index contributed by atoms with van der Waals surface area (Å²) in [5.41, 5.74) is 0.319. The fourth-order valence-electron chi connectivity index (χ4n) is 0.449. The maximum Gasteiger partial charge on any atom is 0.118 e. The Bertz CT molecular complexity index is 240. The van der Waals surface area contributed by atoms with Crippen LogP contribution >= 0.6 is 0 Å². The second-order valence-corrected chi connectivity index (χ2v) is 1.79. The lowest BCUT2D eigenvalue weighted by Gasteiger charge is -1.85. The lowest BCUT2D eigenvalue weighted by molar-refractivity contribution is 0.670. The molecule has 58 valence electrons. The van der Waals surface area contributed by atoms with E-state index in [0.717, 1.165) is 6.08 Å². The standard InChI is InChI=1S/C9H10FN/c1-4-5-6-9(11-3)7-8(2)10/h7H,2-4H2,1H3/b9-7-. The Morgan fingerprint density at radius 3 is 2.73 bits per heavy atom. The first-order valence-corrected chi connectivity index (χ1v) is 3.22. The van der Waals surface area contributed by atoms with Crippen LogP contribution in [0.2, 0.25) is 0 Å². The minimum absolute atomic E-state index is 0.319. The number of allylic oxidation sites excluding steroid dienone is 3. The van der Waals surface area contributed by atoms with Gasteiger partial charge in [-0.3, -0.25) is 4.99 Å². The van der Waals surface area contributed by atoms with Crippen molar-refractivity contribution in [1.29, 1.82) is 0 Å². The van der Waals surface area contributed by atoms with Crippen molar-refractivity contribution >= 4 is 6.72 Å². The van der Waals surface area contributed by atoms with Gasteiger partial charge in [-0.2, -0.15) is 0 Å². The van der Waals surface area contributed by atoms with Crippen LogP contribution in [0, 0.1) is 11.8 Å². The lowest BCUT2D eigenvalue weighted by atomic mass is 10.3. The summed E-state index contributed by atoms with van der Waals surface area (Å²) in [7, 11) is 0. The van der Waals surface area contributed by atoms with Gasteiger partial charge in [0.05, 0.1) is 0 Å². The van der Waals surface area contributed by atoms with E-state index in [1.54, 1.807) is 0 Å². The fourth-order valence-corrected chi connectivity index (χ4v) is 0.449. The fraction of sp³-hybridized carbons (Fsp3) is 0.222. The van der Waals surface area contributed by atoms with E-state index in [9.17, 15) is 4.39 Å². The highest BCUT2D eigenvalue weighted by atomic mass is 19.1. The first kappa shape index (κ1) is 9.64. The van der Waals surface area contributed by atoms with E-state index in [1.165, 1.54) is 0 Å². The average Bonchev–Trinajstić information content (AvgIpc) is 1.97. The molecule has 0 aliphatic heterocycles. The monoisotopic (exact) mass is 151 g/mol. The van der Waals surface area contributed by atoms with E-state index < -0.39 is 5.83 Å². The third kappa shape index (κ3) is 5.10. The van der Waals surface area contributed by atoms with Gasteiger partial charge in [0.15, 0.2) is 0 Å². The first-order chi connectivity index (χ1) is 5.20. The van der Waals surface area contributed by atoms with E-state index in [2.05, 4.69) is 30.1 Å². The van der Waals surface area contributed by atoms with Crippen molar-refractivity contribution in [3.63, 3.8) is 0 Å². The molecule has 0 atom stereocenters. The molecule has 0 aromatic heterocycles. The van der Waals surface area contributed by atoms with Crippen LogP contribution < -0.4 is 0 Å². The van der Waals surface area contributed by atoms with Gasteiger partial charge in [-0.25, -0.2) is 4.39 Å². The van der Waals surface area contributed by atoms with Crippen LogP contribution in [0.4, 0.5) is 4.39 Å². The third-order valence-electron chi connectivity index (χ3n) is 0.857. The van der Waals surface area contributed by atoms with Crippen molar-refractivity contribution in [3.05, 3.63) is 24.2 Å². The van der Waals surface area contributed by atoms with Crippen LogP contribution in [0.15, 0.2) is 29.2 Å². The largest absolute Gasteiger partial charge is 0.255 e. The normalized spacial score (nSPS) is 9.82. The predicted molar refractivity (Wildman–Crippen MR) is 45.9 cm³/mol. The van der Waals surface area contributed by atoms with Crippen LogP contribution in [0.3, 0.4) is 0 Å². The van der Waals surface area contributed by atoms with Crippen molar-refractivity contribution in [3.8, 4) is 11.8 Å². The van der Waals surface area contributed by atoms with Crippen LogP contribution in [-0.4, -0.2) is 6.72 Å². The number of rotatable bonds is 2. The molecule has 0 aromatic carbocycles. The molecule has 2 heteroatoms. The molecule has 0 spiro atoms.